The summed E-state index contributed by atoms with van der Waals surface area (Å²) in [6, 6.07) is 12.1. The van der Waals surface area contributed by atoms with Gasteiger partial charge in [-0.3, -0.25) is 13.9 Å². The maximum absolute atomic E-state index is 13.6. The molecule has 0 saturated heterocycles. The van der Waals surface area contributed by atoms with Crippen LogP contribution in [-0.4, -0.2) is 57.1 Å². The molecule has 1 aliphatic carbocycles. The van der Waals surface area contributed by atoms with E-state index in [2.05, 4.69) is 5.32 Å². The summed E-state index contributed by atoms with van der Waals surface area (Å²) >= 11 is 6.24. The second-order valence-corrected chi connectivity index (χ2v) is 12.4. The highest BCUT2D eigenvalue weighted by Gasteiger charge is 2.31. The molecule has 39 heavy (non-hydrogen) atoms. The summed E-state index contributed by atoms with van der Waals surface area (Å²) in [6.45, 7) is 4.06. The van der Waals surface area contributed by atoms with Gasteiger partial charge in [0.15, 0.2) is 0 Å². The highest BCUT2D eigenvalue weighted by Crippen LogP contribution is 2.29. The van der Waals surface area contributed by atoms with Crippen molar-refractivity contribution in [1.82, 2.24) is 10.2 Å². The predicted octanol–water partition coefficient (Wildman–Crippen LogP) is 5.07. The molecule has 0 bridgehead atoms. The third-order valence-electron chi connectivity index (χ3n) is 7.26. The third kappa shape index (κ3) is 8.35. The Balaban J connectivity index is 1.78. The van der Waals surface area contributed by atoms with Crippen molar-refractivity contribution in [1.29, 1.82) is 0 Å². The van der Waals surface area contributed by atoms with Crippen LogP contribution in [0.2, 0.25) is 5.02 Å². The lowest BCUT2D eigenvalue weighted by molar-refractivity contribution is -0.141. The Labute approximate surface area is 237 Å². The van der Waals surface area contributed by atoms with Gasteiger partial charge in [0.1, 0.15) is 11.8 Å². The first kappa shape index (κ1) is 30.8. The van der Waals surface area contributed by atoms with Gasteiger partial charge in [0, 0.05) is 30.6 Å². The summed E-state index contributed by atoms with van der Waals surface area (Å²) in [5, 5.41) is 3.62. The number of rotatable bonds is 13. The number of nitrogens with one attached hydrogen (secondary N) is 1. The van der Waals surface area contributed by atoms with Gasteiger partial charge in [-0.1, -0.05) is 49.6 Å². The minimum absolute atomic E-state index is 0.0923. The molecule has 1 N–H and O–H groups in total. The van der Waals surface area contributed by atoms with Crippen LogP contribution in [-0.2, 0) is 26.2 Å². The Kier molecular flexibility index (Phi) is 11.1. The average molecular weight is 578 g/mol. The molecule has 2 aromatic rings. The number of carbonyl (C=O) groups excluding carboxylic acids is 2. The Morgan fingerprint density at radius 2 is 1.79 bits per heavy atom. The first-order chi connectivity index (χ1) is 18.5. The van der Waals surface area contributed by atoms with Crippen LogP contribution in [0.5, 0.6) is 5.75 Å². The van der Waals surface area contributed by atoms with Crippen LogP contribution < -0.4 is 14.4 Å². The second kappa shape index (κ2) is 14.0. The summed E-state index contributed by atoms with van der Waals surface area (Å²) in [6.07, 6.45) is 6.10. The molecule has 2 amide bonds. The summed E-state index contributed by atoms with van der Waals surface area (Å²) in [7, 11) is -2.01. The summed E-state index contributed by atoms with van der Waals surface area (Å²) in [5.74, 6) is 0.369. The van der Waals surface area contributed by atoms with Crippen LogP contribution in [0, 0.1) is 6.92 Å². The minimum atomic E-state index is -3.60. The molecule has 0 aromatic heterocycles. The number of carbonyl (C=O) groups is 2. The van der Waals surface area contributed by atoms with E-state index in [1.54, 1.807) is 37.1 Å². The zero-order valence-electron chi connectivity index (χ0n) is 23.3. The van der Waals surface area contributed by atoms with E-state index in [1.165, 1.54) is 4.31 Å². The topological polar surface area (TPSA) is 96.0 Å². The van der Waals surface area contributed by atoms with E-state index >= 15 is 0 Å². The smallest absolute Gasteiger partial charge is 0.243 e. The van der Waals surface area contributed by atoms with E-state index in [0.29, 0.717) is 28.4 Å². The average Bonchev–Trinajstić information content (AvgIpc) is 3.41. The number of amides is 2. The van der Waals surface area contributed by atoms with Crippen molar-refractivity contribution < 1.29 is 22.7 Å². The lowest BCUT2D eigenvalue weighted by Crippen LogP contribution is -2.51. The van der Waals surface area contributed by atoms with Crippen LogP contribution >= 0.6 is 11.6 Å². The van der Waals surface area contributed by atoms with Crippen LogP contribution in [0.3, 0.4) is 0 Å². The molecule has 0 heterocycles. The van der Waals surface area contributed by atoms with Crippen molar-refractivity contribution >= 4 is 39.1 Å². The van der Waals surface area contributed by atoms with Crippen molar-refractivity contribution in [3.8, 4) is 5.75 Å². The van der Waals surface area contributed by atoms with E-state index < -0.39 is 16.1 Å². The molecule has 0 aliphatic heterocycles. The molecule has 1 fully saturated rings. The normalized spacial score (nSPS) is 14.6. The van der Waals surface area contributed by atoms with Gasteiger partial charge in [0.05, 0.1) is 19.1 Å². The van der Waals surface area contributed by atoms with Gasteiger partial charge in [-0.05, 0) is 68.0 Å². The Bertz CT molecular complexity index is 1230. The molecule has 1 saturated carbocycles. The molecule has 1 unspecified atom stereocenters. The standard InChI is InChI=1S/C29H40ClN3O5S/c1-5-26(29(35)31-23-10-6-7-11-23)32(20-22-15-17-24(38-3)18-16-22)28(34)14-9-19-33(39(4,36)37)27-13-8-12-25(30)21(27)2/h8,12-13,15-18,23,26H,5-7,9-11,14,19-20H2,1-4H3,(H,31,35). The number of benzene rings is 2. The van der Waals surface area contributed by atoms with Gasteiger partial charge >= 0.3 is 0 Å². The zero-order chi connectivity index (χ0) is 28.6. The van der Waals surface area contributed by atoms with Crippen molar-refractivity contribution in [2.45, 2.75) is 77.4 Å². The molecule has 3 rings (SSSR count). The van der Waals surface area contributed by atoms with Gasteiger partial charge in [0.2, 0.25) is 21.8 Å². The van der Waals surface area contributed by atoms with Crippen molar-refractivity contribution in [3.05, 3.63) is 58.6 Å². The van der Waals surface area contributed by atoms with Crippen molar-refractivity contribution in [2.24, 2.45) is 0 Å². The maximum Gasteiger partial charge on any atom is 0.243 e. The fraction of sp³-hybridized carbons (Fsp3) is 0.517. The highest BCUT2D eigenvalue weighted by atomic mass is 35.5. The predicted molar refractivity (Wildman–Crippen MR) is 156 cm³/mol. The second-order valence-electron chi connectivity index (χ2n) is 10.1. The molecule has 2 aromatic carbocycles. The molecule has 0 radical (unpaired) electrons. The molecule has 8 nitrogen and oxygen atoms in total. The van der Waals surface area contributed by atoms with Gasteiger partial charge < -0.3 is 15.0 Å². The lowest BCUT2D eigenvalue weighted by Gasteiger charge is -2.32. The van der Waals surface area contributed by atoms with Crippen LogP contribution in [0.4, 0.5) is 5.69 Å². The van der Waals surface area contributed by atoms with E-state index in [-0.39, 0.29) is 43.8 Å². The Morgan fingerprint density at radius 1 is 1.13 bits per heavy atom. The number of ether oxygens (including phenoxy) is 1. The summed E-state index contributed by atoms with van der Waals surface area (Å²) in [5.41, 5.74) is 2.03. The number of halogens is 1. The fourth-order valence-corrected chi connectivity index (χ4v) is 6.25. The molecule has 214 valence electrons. The number of methoxy groups -OCH3 is 1. The largest absolute Gasteiger partial charge is 0.497 e. The van der Waals surface area contributed by atoms with Gasteiger partial charge in [-0.25, -0.2) is 8.42 Å². The lowest BCUT2D eigenvalue weighted by atomic mass is 10.1. The first-order valence-electron chi connectivity index (χ1n) is 13.5. The molecule has 0 spiro atoms. The van der Waals surface area contributed by atoms with Crippen LogP contribution in [0.25, 0.3) is 0 Å². The SMILES string of the molecule is CCC(C(=O)NC1CCCC1)N(Cc1ccc(OC)cc1)C(=O)CCCN(c1cccc(Cl)c1C)S(C)(=O)=O. The first-order valence-corrected chi connectivity index (χ1v) is 15.7. The third-order valence-corrected chi connectivity index (χ3v) is 8.85. The maximum atomic E-state index is 13.6. The van der Waals surface area contributed by atoms with Crippen molar-refractivity contribution in [2.75, 3.05) is 24.2 Å². The molecule has 1 atom stereocenters. The summed E-state index contributed by atoms with van der Waals surface area (Å²) in [4.78, 5) is 28.6. The van der Waals surface area contributed by atoms with E-state index in [1.807, 2.05) is 31.2 Å². The zero-order valence-corrected chi connectivity index (χ0v) is 24.9. The number of anilines is 1. The highest BCUT2D eigenvalue weighted by molar-refractivity contribution is 7.92. The van der Waals surface area contributed by atoms with Gasteiger partial charge in [-0.2, -0.15) is 0 Å². The van der Waals surface area contributed by atoms with E-state index in [4.69, 9.17) is 16.3 Å². The van der Waals surface area contributed by atoms with Gasteiger partial charge in [0.25, 0.3) is 0 Å². The Hall–Kier alpha value is -2.78. The molecule has 1 aliphatic rings. The van der Waals surface area contributed by atoms with Crippen molar-refractivity contribution in [3.63, 3.8) is 0 Å². The number of hydrogen-bond acceptors (Lipinski definition) is 5. The molecular weight excluding hydrogens is 538 g/mol. The van der Waals surface area contributed by atoms with E-state index in [0.717, 1.165) is 37.5 Å². The van der Waals surface area contributed by atoms with Crippen LogP contribution in [0.1, 0.15) is 63.0 Å². The number of hydrogen-bond donors (Lipinski definition) is 1. The monoisotopic (exact) mass is 577 g/mol. The Morgan fingerprint density at radius 3 is 2.38 bits per heavy atom. The molecule has 10 heteroatoms. The quantitative estimate of drug-likeness (QED) is 0.358. The number of sulfonamides is 1. The van der Waals surface area contributed by atoms with Gasteiger partial charge in [-0.15, -0.1) is 0 Å². The number of nitrogens with zero attached hydrogens (tertiary/aromatic N) is 2. The van der Waals surface area contributed by atoms with Crippen LogP contribution in [0.15, 0.2) is 42.5 Å². The fourth-order valence-electron chi connectivity index (χ4n) is 5.06. The summed E-state index contributed by atoms with van der Waals surface area (Å²) < 4.78 is 31.8. The minimum Gasteiger partial charge on any atom is -0.497 e. The van der Waals surface area contributed by atoms with E-state index in [9.17, 15) is 18.0 Å². The molecular formula is C29H40ClN3O5S.